The lowest BCUT2D eigenvalue weighted by atomic mass is 9.67. The lowest BCUT2D eigenvalue weighted by molar-refractivity contribution is 0.769. The molecule has 0 amide bonds. The fourth-order valence-corrected chi connectivity index (χ4v) is 9.45. The molecule has 11 rings (SSSR count). The van der Waals surface area contributed by atoms with Crippen molar-refractivity contribution < 1.29 is 0 Å². The van der Waals surface area contributed by atoms with Gasteiger partial charge < -0.3 is 0 Å². The molecule has 0 bridgehead atoms. The van der Waals surface area contributed by atoms with Crippen LogP contribution >= 0.6 is 0 Å². The highest BCUT2D eigenvalue weighted by Crippen LogP contribution is 2.57. The zero-order valence-electron chi connectivity index (χ0n) is 30.3. The van der Waals surface area contributed by atoms with Gasteiger partial charge in [0.15, 0.2) is 0 Å². The Balaban J connectivity index is 1.20. The van der Waals surface area contributed by atoms with Crippen molar-refractivity contribution in [1.29, 1.82) is 0 Å². The molecule has 0 aliphatic heterocycles. The fraction of sp³-hybridized carbons (Fsp3) is 0.0182. The van der Waals surface area contributed by atoms with Gasteiger partial charge in [0.2, 0.25) is 0 Å². The molecule has 0 radical (unpaired) electrons. The van der Waals surface area contributed by atoms with Gasteiger partial charge in [-0.05, 0) is 117 Å². The van der Waals surface area contributed by atoms with Crippen LogP contribution in [-0.4, -0.2) is 0 Å². The van der Waals surface area contributed by atoms with Crippen LogP contribution in [0.25, 0.3) is 76.8 Å². The van der Waals surface area contributed by atoms with Crippen molar-refractivity contribution in [3.05, 3.63) is 241 Å². The van der Waals surface area contributed by atoms with Gasteiger partial charge in [-0.2, -0.15) is 0 Å². The van der Waals surface area contributed by atoms with Crippen molar-refractivity contribution in [2.24, 2.45) is 0 Å². The summed E-state index contributed by atoms with van der Waals surface area (Å²) in [4.78, 5) is 0. The Morgan fingerprint density at radius 1 is 0.236 bits per heavy atom. The third-order valence-corrected chi connectivity index (χ3v) is 12.0. The van der Waals surface area contributed by atoms with E-state index in [0.717, 1.165) is 0 Å². The molecule has 0 heterocycles. The van der Waals surface area contributed by atoms with Gasteiger partial charge in [0, 0.05) is 0 Å². The quantitative estimate of drug-likeness (QED) is 0.168. The van der Waals surface area contributed by atoms with Gasteiger partial charge in [-0.3, -0.25) is 0 Å². The molecular formula is C55H36. The van der Waals surface area contributed by atoms with Crippen LogP contribution in [0.2, 0.25) is 0 Å². The van der Waals surface area contributed by atoms with Crippen LogP contribution in [0.5, 0.6) is 0 Å². The second-order valence-corrected chi connectivity index (χ2v) is 14.8. The summed E-state index contributed by atoms with van der Waals surface area (Å²) in [6.07, 6.45) is 0. The third-order valence-electron chi connectivity index (χ3n) is 12.0. The normalized spacial score (nSPS) is 12.9. The van der Waals surface area contributed by atoms with Crippen molar-refractivity contribution in [3.63, 3.8) is 0 Å². The average molecular weight is 697 g/mol. The molecule has 0 N–H and O–H groups in total. The van der Waals surface area contributed by atoms with E-state index >= 15 is 0 Å². The Labute approximate surface area is 321 Å². The van der Waals surface area contributed by atoms with E-state index in [0.29, 0.717) is 0 Å². The Morgan fingerprint density at radius 2 is 0.745 bits per heavy atom. The van der Waals surface area contributed by atoms with Crippen molar-refractivity contribution >= 4 is 32.3 Å². The number of hydrogen-bond acceptors (Lipinski definition) is 0. The molecule has 256 valence electrons. The summed E-state index contributed by atoms with van der Waals surface area (Å²) < 4.78 is 0. The lowest BCUT2D eigenvalue weighted by Gasteiger charge is -2.34. The van der Waals surface area contributed by atoms with Crippen LogP contribution in [-0.2, 0) is 5.41 Å². The minimum atomic E-state index is -0.475. The molecule has 0 fully saturated rings. The molecule has 55 heavy (non-hydrogen) atoms. The average Bonchev–Trinajstić information content (AvgIpc) is 3.55. The first-order chi connectivity index (χ1) is 27.3. The minimum Gasteiger partial charge on any atom is -0.0622 e. The highest BCUT2D eigenvalue weighted by Gasteiger charge is 2.46. The van der Waals surface area contributed by atoms with E-state index in [4.69, 9.17) is 0 Å². The molecule has 0 unspecified atom stereocenters. The van der Waals surface area contributed by atoms with E-state index in [-0.39, 0.29) is 0 Å². The van der Waals surface area contributed by atoms with Gasteiger partial charge >= 0.3 is 0 Å². The Bertz CT molecular complexity index is 3020. The summed E-state index contributed by atoms with van der Waals surface area (Å²) in [6.45, 7) is 0. The first-order valence-corrected chi connectivity index (χ1v) is 19.2. The van der Waals surface area contributed by atoms with E-state index in [9.17, 15) is 0 Å². The molecule has 0 spiro atoms. The zero-order valence-corrected chi connectivity index (χ0v) is 30.3. The number of fused-ring (bicyclic) bond motifs is 6. The second-order valence-electron chi connectivity index (χ2n) is 14.8. The number of benzene rings is 10. The van der Waals surface area contributed by atoms with Crippen molar-refractivity contribution in [2.45, 2.75) is 5.41 Å². The summed E-state index contributed by atoms with van der Waals surface area (Å²) in [5, 5.41) is 7.55. The molecule has 0 aromatic heterocycles. The van der Waals surface area contributed by atoms with Crippen LogP contribution in [0.1, 0.15) is 22.3 Å². The van der Waals surface area contributed by atoms with E-state index in [2.05, 4.69) is 218 Å². The molecule has 1 aliphatic carbocycles. The minimum absolute atomic E-state index is 0.475. The molecule has 0 nitrogen and oxygen atoms in total. The van der Waals surface area contributed by atoms with Gasteiger partial charge in [-0.1, -0.05) is 200 Å². The molecule has 0 atom stereocenters. The summed E-state index contributed by atoms with van der Waals surface area (Å²) in [5.41, 5.74) is 14.7. The van der Waals surface area contributed by atoms with Gasteiger partial charge in [-0.25, -0.2) is 0 Å². The van der Waals surface area contributed by atoms with Gasteiger partial charge in [0.1, 0.15) is 0 Å². The lowest BCUT2D eigenvalue weighted by Crippen LogP contribution is -2.28. The van der Waals surface area contributed by atoms with E-state index < -0.39 is 5.41 Å². The maximum Gasteiger partial charge on any atom is 0.0713 e. The van der Waals surface area contributed by atoms with Crippen LogP contribution in [0.15, 0.2) is 218 Å². The topological polar surface area (TPSA) is 0 Å². The predicted molar refractivity (Wildman–Crippen MR) is 233 cm³/mol. The zero-order chi connectivity index (χ0) is 36.3. The smallest absolute Gasteiger partial charge is 0.0622 e. The van der Waals surface area contributed by atoms with Gasteiger partial charge in [0.25, 0.3) is 0 Å². The Kier molecular flexibility index (Phi) is 7.19. The monoisotopic (exact) mass is 696 g/mol. The molecule has 10 aromatic carbocycles. The van der Waals surface area contributed by atoms with Crippen LogP contribution in [0, 0.1) is 0 Å². The van der Waals surface area contributed by atoms with Crippen LogP contribution in [0.3, 0.4) is 0 Å². The van der Waals surface area contributed by atoms with Crippen molar-refractivity contribution in [1.82, 2.24) is 0 Å². The molecule has 0 heteroatoms. The summed E-state index contributed by atoms with van der Waals surface area (Å²) in [7, 11) is 0. The standard InChI is InChI=1S/C55H36/c1-3-18-43(19-4-1)55(44-20-5-2-6-21-44)53-25-12-11-23-49(53)52-35-50-48(42-31-26-37-14-7-8-16-41(37)34-42)33-32-47(51(50)36-54(52)55)40-29-27-39(28-30-40)46-24-13-17-38-15-9-10-22-45(38)46/h1-36H. The Hall–Kier alpha value is -7.02. The third kappa shape index (κ3) is 4.85. The second kappa shape index (κ2) is 12.5. The number of hydrogen-bond donors (Lipinski definition) is 0. The SMILES string of the molecule is c1ccc(C2(c3ccccc3)c3ccccc3-c3cc4c(-c5ccc6ccccc6c5)ccc(-c5ccc(-c6cccc7ccccc67)cc5)c4cc32)cc1. The first-order valence-electron chi connectivity index (χ1n) is 19.2. The molecule has 1 aliphatic rings. The molecule has 10 aromatic rings. The largest absolute Gasteiger partial charge is 0.0713 e. The summed E-state index contributed by atoms with van der Waals surface area (Å²) >= 11 is 0. The molecular weight excluding hydrogens is 661 g/mol. The molecule has 0 saturated heterocycles. The van der Waals surface area contributed by atoms with Crippen molar-refractivity contribution in [3.8, 4) is 44.5 Å². The fourth-order valence-electron chi connectivity index (χ4n) is 9.45. The molecule has 0 saturated carbocycles. The summed E-state index contributed by atoms with van der Waals surface area (Å²) in [5.74, 6) is 0. The number of rotatable bonds is 5. The van der Waals surface area contributed by atoms with E-state index in [1.54, 1.807) is 0 Å². The highest BCUT2D eigenvalue weighted by atomic mass is 14.5. The van der Waals surface area contributed by atoms with Gasteiger partial charge in [0.05, 0.1) is 5.41 Å². The van der Waals surface area contributed by atoms with E-state index in [1.807, 2.05) is 0 Å². The summed E-state index contributed by atoms with van der Waals surface area (Å²) in [6, 6.07) is 81.0. The van der Waals surface area contributed by atoms with Crippen LogP contribution < -0.4 is 0 Å². The Morgan fingerprint density at radius 3 is 1.47 bits per heavy atom. The first kappa shape index (κ1) is 31.5. The van der Waals surface area contributed by atoms with E-state index in [1.165, 1.54) is 99.1 Å². The predicted octanol–water partition coefficient (Wildman–Crippen LogP) is 14.5. The maximum absolute atomic E-state index is 2.53. The highest BCUT2D eigenvalue weighted by molar-refractivity contribution is 6.09. The van der Waals surface area contributed by atoms with Gasteiger partial charge in [-0.15, -0.1) is 0 Å². The van der Waals surface area contributed by atoms with Crippen LogP contribution in [0.4, 0.5) is 0 Å². The van der Waals surface area contributed by atoms with Crippen molar-refractivity contribution in [2.75, 3.05) is 0 Å². The maximum atomic E-state index is 2.53.